The van der Waals surface area contributed by atoms with Crippen molar-refractivity contribution in [3.8, 4) is 5.75 Å². The highest BCUT2D eigenvalue weighted by Gasteiger charge is 2.17. The molecule has 2 aromatic rings. The SMILES string of the molecule is CSc1ccc(CNC(=O)C(C)Oc2c(C)cc(Br)cc2C)cc1. The van der Waals surface area contributed by atoms with Gasteiger partial charge in [0.1, 0.15) is 5.75 Å². The summed E-state index contributed by atoms with van der Waals surface area (Å²) in [6.07, 6.45) is 1.50. The number of aryl methyl sites for hydroxylation is 2. The van der Waals surface area contributed by atoms with Gasteiger partial charge in [-0.3, -0.25) is 4.79 Å². The number of amides is 1. The zero-order valence-corrected chi connectivity index (χ0v) is 16.8. The van der Waals surface area contributed by atoms with Crippen molar-refractivity contribution in [1.82, 2.24) is 5.32 Å². The molecule has 24 heavy (non-hydrogen) atoms. The molecule has 128 valence electrons. The highest BCUT2D eigenvalue weighted by molar-refractivity contribution is 9.10. The third-order valence-electron chi connectivity index (χ3n) is 3.71. The lowest BCUT2D eigenvalue weighted by atomic mass is 10.1. The van der Waals surface area contributed by atoms with E-state index >= 15 is 0 Å². The Balaban J connectivity index is 1.94. The highest BCUT2D eigenvalue weighted by atomic mass is 79.9. The molecule has 0 aliphatic carbocycles. The summed E-state index contributed by atoms with van der Waals surface area (Å²) in [4.78, 5) is 13.5. The van der Waals surface area contributed by atoms with Crippen molar-refractivity contribution in [1.29, 1.82) is 0 Å². The minimum atomic E-state index is -0.547. The topological polar surface area (TPSA) is 38.3 Å². The number of hydrogen-bond acceptors (Lipinski definition) is 3. The molecule has 2 aromatic carbocycles. The van der Waals surface area contributed by atoms with Crippen LogP contribution in [0.15, 0.2) is 45.8 Å². The molecular formula is C19H22BrNO2S. The smallest absolute Gasteiger partial charge is 0.261 e. The van der Waals surface area contributed by atoms with Crippen LogP contribution in [0.4, 0.5) is 0 Å². The fraction of sp³-hybridized carbons (Fsp3) is 0.316. The van der Waals surface area contributed by atoms with Crippen LogP contribution in [0.2, 0.25) is 0 Å². The minimum absolute atomic E-state index is 0.120. The maximum absolute atomic E-state index is 12.3. The number of halogens is 1. The molecule has 0 saturated carbocycles. The molecule has 3 nitrogen and oxygen atoms in total. The van der Waals surface area contributed by atoms with Gasteiger partial charge < -0.3 is 10.1 Å². The molecule has 0 fully saturated rings. The summed E-state index contributed by atoms with van der Waals surface area (Å²) >= 11 is 5.17. The molecule has 0 bridgehead atoms. The molecule has 0 aliphatic rings. The molecule has 0 saturated heterocycles. The first kappa shape index (κ1) is 18.9. The van der Waals surface area contributed by atoms with E-state index in [2.05, 4.69) is 33.4 Å². The standard InChI is InChI=1S/C19H22BrNO2S/c1-12-9-16(20)10-13(2)18(12)23-14(3)19(22)21-11-15-5-7-17(24-4)8-6-15/h5-10,14H,11H2,1-4H3,(H,21,22). The normalized spacial score (nSPS) is 11.9. The van der Waals surface area contributed by atoms with Gasteiger partial charge >= 0.3 is 0 Å². The Morgan fingerprint density at radius 2 is 1.79 bits per heavy atom. The Morgan fingerprint density at radius 3 is 2.33 bits per heavy atom. The molecule has 0 heterocycles. The number of ether oxygens (including phenoxy) is 1. The van der Waals surface area contributed by atoms with Crippen molar-refractivity contribution in [3.63, 3.8) is 0 Å². The number of hydrogen-bond donors (Lipinski definition) is 1. The number of benzene rings is 2. The first-order valence-electron chi connectivity index (χ1n) is 7.74. The molecular weight excluding hydrogens is 386 g/mol. The summed E-state index contributed by atoms with van der Waals surface area (Å²) in [5, 5.41) is 2.93. The van der Waals surface area contributed by atoms with E-state index in [1.807, 2.05) is 44.4 Å². The second-order valence-electron chi connectivity index (χ2n) is 5.69. The van der Waals surface area contributed by atoms with Crippen LogP contribution in [0.25, 0.3) is 0 Å². The van der Waals surface area contributed by atoms with Gasteiger partial charge in [0.05, 0.1) is 0 Å². The number of nitrogens with one attached hydrogen (secondary N) is 1. The van der Waals surface area contributed by atoms with Gasteiger partial charge in [0.2, 0.25) is 0 Å². The zero-order chi connectivity index (χ0) is 17.7. The van der Waals surface area contributed by atoms with Gasteiger partial charge in [0, 0.05) is 15.9 Å². The van der Waals surface area contributed by atoms with E-state index in [-0.39, 0.29) is 5.91 Å². The summed E-state index contributed by atoms with van der Waals surface area (Å²) < 4.78 is 6.89. The van der Waals surface area contributed by atoms with E-state index in [1.165, 1.54) is 4.90 Å². The van der Waals surface area contributed by atoms with E-state index < -0.39 is 6.10 Å². The van der Waals surface area contributed by atoms with Gasteiger partial charge in [0.25, 0.3) is 5.91 Å². The number of rotatable bonds is 6. The third kappa shape index (κ3) is 5.02. The van der Waals surface area contributed by atoms with Gasteiger partial charge in [-0.25, -0.2) is 0 Å². The average Bonchev–Trinajstić information content (AvgIpc) is 2.56. The van der Waals surface area contributed by atoms with Gasteiger partial charge in [-0.05, 0) is 68.0 Å². The molecule has 1 N–H and O–H groups in total. The predicted octanol–water partition coefficient (Wildman–Crippen LogP) is 4.87. The maximum atomic E-state index is 12.3. The Labute approximate surface area is 156 Å². The number of carbonyl (C=O) groups is 1. The van der Waals surface area contributed by atoms with Gasteiger partial charge in [-0.15, -0.1) is 11.8 Å². The number of carbonyl (C=O) groups excluding carboxylic acids is 1. The Kier molecular flexibility index (Phi) is 6.75. The Bertz CT molecular complexity index is 693. The van der Waals surface area contributed by atoms with Crippen LogP contribution in [0, 0.1) is 13.8 Å². The van der Waals surface area contributed by atoms with E-state index in [0.717, 1.165) is 26.9 Å². The molecule has 0 aromatic heterocycles. The van der Waals surface area contributed by atoms with Gasteiger partial charge in [-0.1, -0.05) is 28.1 Å². The van der Waals surface area contributed by atoms with Crippen LogP contribution in [0.1, 0.15) is 23.6 Å². The highest BCUT2D eigenvalue weighted by Crippen LogP contribution is 2.28. The Morgan fingerprint density at radius 1 is 1.21 bits per heavy atom. The lowest BCUT2D eigenvalue weighted by molar-refractivity contribution is -0.127. The molecule has 5 heteroatoms. The van der Waals surface area contributed by atoms with Crippen LogP contribution in [-0.4, -0.2) is 18.3 Å². The molecule has 0 spiro atoms. The zero-order valence-electron chi connectivity index (χ0n) is 14.4. The van der Waals surface area contributed by atoms with Crippen LogP contribution < -0.4 is 10.1 Å². The summed E-state index contributed by atoms with van der Waals surface area (Å²) in [6, 6.07) is 12.1. The lowest BCUT2D eigenvalue weighted by Crippen LogP contribution is -2.36. The molecule has 0 radical (unpaired) electrons. The molecule has 0 aliphatic heterocycles. The quantitative estimate of drug-likeness (QED) is 0.693. The first-order chi connectivity index (χ1) is 11.4. The average molecular weight is 408 g/mol. The number of thioether (sulfide) groups is 1. The Hall–Kier alpha value is -1.46. The van der Waals surface area contributed by atoms with Gasteiger partial charge in [-0.2, -0.15) is 0 Å². The predicted molar refractivity (Wildman–Crippen MR) is 104 cm³/mol. The molecule has 1 atom stereocenters. The molecule has 2 rings (SSSR count). The first-order valence-corrected chi connectivity index (χ1v) is 9.76. The fourth-order valence-electron chi connectivity index (χ4n) is 2.39. The van der Waals surface area contributed by atoms with Crippen molar-refractivity contribution >= 4 is 33.6 Å². The van der Waals surface area contributed by atoms with Crippen molar-refractivity contribution in [3.05, 3.63) is 57.6 Å². The van der Waals surface area contributed by atoms with Crippen molar-refractivity contribution in [2.45, 2.75) is 38.3 Å². The van der Waals surface area contributed by atoms with Crippen LogP contribution in [0.5, 0.6) is 5.75 Å². The van der Waals surface area contributed by atoms with Crippen molar-refractivity contribution in [2.24, 2.45) is 0 Å². The second-order valence-corrected chi connectivity index (χ2v) is 7.49. The fourth-order valence-corrected chi connectivity index (χ4v) is 3.48. The lowest BCUT2D eigenvalue weighted by Gasteiger charge is -2.18. The molecule has 1 amide bonds. The summed E-state index contributed by atoms with van der Waals surface area (Å²) in [5.74, 6) is 0.649. The van der Waals surface area contributed by atoms with E-state index in [1.54, 1.807) is 18.7 Å². The monoisotopic (exact) mass is 407 g/mol. The van der Waals surface area contributed by atoms with E-state index in [0.29, 0.717) is 6.54 Å². The molecule has 1 unspecified atom stereocenters. The van der Waals surface area contributed by atoms with Gasteiger partial charge in [0.15, 0.2) is 6.10 Å². The largest absolute Gasteiger partial charge is 0.480 e. The van der Waals surface area contributed by atoms with E-state index in [4.69, 9.17) is 4.74 Å². The van der Waals surface area contributed by atoms with Crippen LogP contribution in [-0.2, 0) is 11.3 Å². The minimum Gasteiger partial charge on any atom is -0.480 e. The van der Waals surface area contributed by atoms with Crippen molar-refractivity contribution in [2.75, 3.05) is 6.26 Å². The maximum Gasteiger partial charge on any atom is 0.261 e. The van der Waals surface area contributed by atoms with Crippen LogP contribution >= 0.6 is 27.7 Å². The summed E-state index contributed by atoms with van der Waals surface area (Å²) in [5.41, 5.74) is 3.09. The summed E-state index contributed by atoms with van der Waals surface area (Å²) in [6.45, 7) is 6.22. The third-order valence-corrected chi connectivity index (χ3v) is 4.92. The summed E-state index contributed by atoms with van der Waals surface area (Å²) in [7, 11) is 0. The van der Waals surface area contributed by atoms with Crippen LogP contribution in [0.3, 0.4) is 0 Å². The van der Waals surface area contributed by atoms with Crippen molar-refractivity contribution < 1.29 is 9.53 Å². The second kappa shape index (κ2) is 8.58. The van der Waals surface area contributed by atoms with E-state index in [9.17, 15) is 4.79 Å².